The van der Waals surface area contributed by atoms with E-state index in [0.29, 0.717) is 24.1 Å². The van der Waals surface area contributed by atoms with Gasteiger partial charge in [-0.05, 0) is 56.3 Å². The zero-order valence-corrected chi connectivity index (χ0v) is 17.9. The molecule has 0 radical (unpaired) electrons. The van der Waals surface area contributed by atoms with E-state index < -0.39 is 0 Å². The fraction of sp³-hybridized carbons (Fsp3) is 0.579. The van der Waals surface area contributed by atoms with E-state index in [1.807, 2.05) is 26.0 Å². The average Bonchev–Trinajstić information content (AvgIpc) is 3.15. The largest absolute Gasteiger partial charge is 0.344 e. The van der Waals surface area contributed by atoms with Gasteiger partial charge in [0.25, 0.3) is 0 Å². The Kier molecular flexibility index (Phi) is 10.4. The van der Waals surface area contributed by atoms with Crippen LogP contribution in [0.3, 0.4) is 0 Å². The molecule has 0 bridgehead atoms. The number of halogens is 2. The van der Waals surface area contributed by atoms with Crippen LogP contribution in [-0.4, -0.2) is 34.1 Å². The minimum absolute atomic E-state index is 0. The van der Waals surface area contributed by atoms with E-state index in [1.165, 1.54) is 0 Å². The number of amides is 1. The average molecular weight is 430 g/mol. The maximum atomic E-state index is 12.4. The molecule has 28 heavy (non-hydrogen) atoms. The van der Waals surface area contributed by atoms with Gasteiger partial charge in [-0.2, -0.15) is 4.98 Å². The highest BCUT2D eigenvalue weighted by atomic mass is 35.5. The van der Waals surface area contributed by atoms with E-state index in [-0.39, 0.29) is 42.7 Å². The molecule has 0 spiro atoms. The summed E-state index contributed by atoms with van der Waals surface area (Å²) < 4.78 is 5.43. The molecule has 2 N–H and O–H groups in total. The Bertz CT molecular complexity index is 705. The van der Waals surface area contributed by atoms with Gasteiger partial charge in [0.2, 0.25) is 17.6 Å². The van der Waals surface area contributed by atoms with Gasteiger partial charge in [0.1, 0.15) is 6.04 Å². The third-order valence-corrected chi connectivity index (χ3v) is 4.85. The highest BCUT2D eigenvalue weighted by Gasteiger charge is 2.25. The first-order chi connectivity index (χ1) is 12.6. The SMILES string of the molecule is CC(C)C(NC(=O)CCC1CCNCC1)c1nc(-c2cccnc2)no1.Cl.Cl. The Hall–Kier alpha value is -1.70. The lowest BCUT2D eigenvalue weighted by Gasteiger charge is -2.23. The molecule has 1 atom stereocenters. The Morgan fingerprint density at radius 3 is 2.71 bits per heavy atom. The lowest BCUT2D eigenvalue weighted by atomic mass is 9.93. The molecule has 1 aliphatic rings. The van der Waals surface area contributed by atoms with Gasteiger partial charge in [-0.3, -0.25) is 9.78 Å². The van der Waals surface area contributed by atoms with Crippen LogP contribution in [0.25, 0.3) is 11.4 Å². The molecule has 156 valence electrons. The number of carbonyl (C=O) groups excluding carboxylic acids is 1. The summed E-state index contributed by atoms with van der Waals surface area (Å²) in [6.45, 7) is 6.18. The number of rotatable bonds is 7. The summed E-state index contributed by atoms with van der Waals surface area (Å²) in [4.78, 5) is 21.0. The molecule has 1 unspecified atom stereocenters. The van der Waals surface area contributed by atoms with Crippen molar-refractivity contribution in [3.63, 3.8) is 0 Å². The molecule has 1 saturated heterocycles. The first kappa shape index (κ1) is 24.3. The fourth-order valence-corrected chi connectivity index (χ4v) is 3.24. The molecule has 0 saturated carbocycles. The first-order valence-electron chi connectivity index (χ1n) is 9.37. The molecular weight excluding hydrogens is 401 g/mol. The standard InChI is InChI=1S/C19H27N5O2.2ClH/c1-13(2)17(22-16(25)6-5-14-7-10-20-11-8-14)19-23-18(24-26-19)15-4-3-9-21-12-15;;/h3-4,9,12-14,17,20H,5-8,10-11H2,1-2H3,(H,22,25);2*1H. The van der Waals surface area contributed by atoms with Crippen molar-refractivity contribution in [3.8, 4) is 11.4 Å². The maximum absolute atomic E-state index is 12.4. The number of carbonyl (C=O) groups is 1. The topological polar surface area (TPSA) is 92.9 Å². The number of aromatic nitrogens is 3. The zero-order chi connectivity index (χ0) is 18.4. The molecule has 2 aromatic heterocycles. The van der Waals surface area contributed by atoms with E-state index in [1.54, 1.807) is 12.4 Å². The van der Waals surface area contributed by atoms with Crippen LogP contribution in [0.5, 0.6) is 0 Å². The van der Waals surface area contributed by atoms with Crippen LogP contribution >= 0.6 is 24.8 Å². The third kappa shape index (κ3) is 6.72. The molecule has 2 aromatic rings. The summed E-state index contributed by atoms with van der Waals surface area (Å²) in [6, 6.07) is 3.42. The van der Waals surface area contributed by atoms with Gasteiger partial charge in [-0.25, -0.2) is 0 Å². The van der Waals surface area contributed by atoms with Crippen molar-refractivity contribution >= 4 is 30.7 Å². The highest BCUT2D eigenvalue weighted by Crippen LogP contribution is 2.24. The minimum Gasteiger partial charge on any atom is -0.344 e. The van der Waals surface area contributed by atoms with Crippen molar-refractivity contribution in [2.75, 3.05) is 13.1 Å². The Balaban J connectivity index is 0.00000196. The predicted molar refractivity (Wildman–Crippen MR) is 113 cm³/mol. The molecule has 1 fully saturated rings. The van der Waals surface area contributed by atoms with Crippen molar-refractivity contribution in [1.82, 2.24) is 25.8 Å². The number of nitrogens with zero attached hydrogens (tertiary/aromatic N) is 3. The molecule has 3 heterocycles. The maximum Gasteiger partial charge on any atom is 0.249 e. The van der Waals surface area contributed by atoms with Crippen molar-refractivity contribution in [1.29, 1.82) is 0 Å². The number of piperidine rings is 1. The van der Waals surface area contributed by atoms with Crippen molar-refractivity contribution in [2.45, 2.75) is 45.6 Å². The quantitative estimate of drug-likeness (QED) is 0.698. The summed E-state index contributed by atoms with van der Waals surface area (Å²) in [5, 5.41) is 10.5. The Morgan fingerprint density at radius 1 is 1.32 bits per heavy atom. The summed E-state index contributed by atoms with van der Waals surface area (Å²) in [6.07, 6.45) is 7.17. The first-order valence-corrected chi connectivity index (χ1v) is 9.37. The molecule has 1 aliphatic heterocycles. The number of hydrogen-bond donors (Lipinski definition) is 2. The van der Waals surface area contributed by atoms with Crippen molar-refractivity contribution < 1.29 is 9.32 Å². The van der Waals surface area contributed by atoms with Gasteiger partial charge in [-0.1, -0.05) is 19.0 Å². The van der Waals surface area contributed by atoms with Crippen LogP contribution in [-0.2, 0) is 4.79 Å². The Labute approximate surface area is 178 Å². The molecule has 0 aliphatic carbocycles. The summed E-state index contributed by atoms with van der Waals surface area (Å²) in [5.41, 5.74) is 0.794. The number of pyridine rings is 1. The zero-order valence-electron chi connectivity index (χ0n) is 16.3. The number of nitrogens with one attached hydrogen (secondary N) is 2. The lowest BCUT2D eigenvalue weighted by Crippen LogP contribution is -2.33. The van der Waals surface area contributed by atoms with Gasteiger partial charge in [-0.15, -0.1) is 24.8 Å². The van der Waals surface area contributed by atoms with Crippen LogP contribution < -0.4 is 10.6 Å². The van der Waals surface area contributed by atoms with E-state index in [2.05, 4.69) is 25.8 Å². The minimum atomic E-state index is -0.284. The van der Waals surface area contributed by atoms with Crippen LogP contribution in [0.2, 0.25) is 0 Å². The van der Waals surface area contributed by atoms with E-state index in [9.17, 15) is 4.79 Å². The second-order valence-electron chi connectivity index (χ2n) is 7.22. The molecule has 1 amide bonds. The summed E-state index contributed by atoms with van der Waals surface area (Å²) in [7, 11) is 0. The monoisotopic (exact) mass is 429 g/mol. The molecule has 7 nitrogen and oxygen atoms in total. The molecule has 0 aromatic carbocycles. The second-order valence-corrected chi connectivity index (χ2v) is 7.22. The van der Waals surface area contributed by atoms with E-state index >= 15 is 0 Å². The van der Waals surface area contributed by atoms with Gasteiger partial charge in [0.15, 0.2) is 0 Å². The van der Waals surface area contributed by atoms with Crippen molar-refractivity contribution in [2.24, 2.45) is 11.8 Å². The molecule has 9 heteroatoms. The fourth-order valence-electron chi connectivity index (χ4n) is 3.24. The van der Waals surface area contributed by atoms with E-state index in [4.69, 9.17) is 4.52 Å². The molecular formula is C19H29Cl2N5O2. The normalized spacial score (nSPS) is 15.4. The van der Waals surface area contributed by atoms with Crippen LogP contribution in [0, 0.1) is 11.8 Å². The molecule has 3 rings (SSSR count). The Morgan fingerprint density at radius 2 is 2.07 bits per heavy atom. The van der Waals surface area contributed by atoms with Gasteiger partial charge in [0, 0.05) is 24.4 Å². The van der Waals surface area contributed by atoms with Crippen LogP contribution in [0.15, 0.2) is 29.0 Å². The van der Waals surface area contributed by atoms with Crippen molar-refractivity contribution in [3.05, 3.63) is 30.4 Å². The second kappa shape index (κ2) is 12.0. The summed E-state index contributed by atoms with van der Waals surface area (Å²) >= 11 is 0. The number of hydrogen-bond acceptors (Lipinski definition) is 6. The van der Waals surface area contributed by atoms with E-state index in [0.717, 1.165) is 37.9 Å². The van der Waals surface area contributed by atoms with Gasteiger partial charge in [0.05, 0.1) is 0 Å². The smallest absolute Gasteiger partial charge is 0.249 e. The van der Waals surface area contributed by atoms with Crippen LogP contribution in [0.1, 0.15) is 51.5 Å². The van der Waals surface area contributed by atoms with Gasteiger partial charge >= 0.3 is 0 Å². The van der Waals surface area contributed by atoms with Gasteiger partial charge < -0.3 is 15.2 Å². The summed E-state index contributed by atoms with van der Waals surface area (Å²) in [5.74, 6) is 1.76. The predicted octanol–water partition coefficient (Wildman–Crippen LogP) is 3.57. The third-order valence-electron chi connectivity index (χ3n) is 4.85. The highest BCUT2D eigenvalue weighted by molar-refractivity contribution is 5.85. The lowest BCUT2D eigenvalue weighted by molar-refractivity contribution is -0.122. The van der Waals surface area contributed by atoms with Crippen LogP contribution in [0.4, 0.5) is 0 Å².